The van der Waals surface area contributed by atoms with Crippen LogP contribution in [0.5, 0.6) is 0 Å². The van der Waals surface area contributed by atoms with Gasteiger partial charge in [0.2, 0.25) is 0 Å². The highest BCUT2D eigenvalue weighted by molar-refractivity contribution is 9.10. The second-order valence-corrected chi connectivity index (χ2v) is 3.43. The molecule has 0 aliphatic heterocycles. The van der Waals surface area contributed by atoms with Crippen molar-refractivity contribution in [3.05, 3.63) is 34.4 Å². The fourth-order valence-electron chi connectivity index (χ4n) is 1.19. The Morgan fingerprint density at radius 2 is 2.33 bits per heavy atom. The zero-order valence-electron chi connectivity index (χ0n) is 6.38. The van der Waals surface area contributed by atoms with Gasteiger partial charge in [0.25, 0.3) is 0 Å². The van der Waals surface area contributed by atoms with Gasteiger partial charge in [0.1, 0.15) is 16.1 Å². The number of nitrogens with zero attached hydrogens (tertiary/aromatic N) is 2. The second-order valence-electron chi connectivity index (χ2n) is 2.62. The van der Waals surface area contributed by atoms with Crippen molar-refractivity contribution in [3.63, 3.8) is 0 Å². The summed E-state index contributed by atoms with van der Waals surface area (Å²) in [6.07, 6.45) is 3.06. The molecule has 0 fully saturated rings. The van der Waals surface area contributed by atoms with Gasteiger partial charge in [-0.25, -0.2) is 9.37 Å². The lowest BCUT2D eigenvalue weighted by Gasteiger charge is -1.98. The highest BCUT2D eigenvalue weighted by Crippen LogP contribution is 2.16. The summed E-state index contributed by atoms with van der Waals surface area (Å²) in [6.45, 7) is 1.83. The van der Waals surface area contributed by atoms with Gasteiger partial charge in [-0.3, -0.25) is 4.40 Å². The molecule has 2 heterocycles. The van der Waals surface area contributed by atoms with E-state index in [-0.39, 0.29) is 5.82 Å². The molecule has 0 spiro atoms. The molecule has 62 valence electrons. The van der Waals surface area contributed by atoms with Crippen LogP contribution in [0, 0.1) is 12.7 Å². The fourth-order valence-corrected chi connectivity index (χ4v) is 1.56. The average Bonchev–Trinajstić information content (AvgIpc) is 2.33. The van der Waals surface area contributed by atoms with Crippen LogP contribution < -0.4 is 0 Å². The number of rotatable bonds is 0. The smallest absolute Gasteiger partial charge is 0.140 e. The molecule has 4 heteroatoms. The maximum absolute atomic E-state index is 12.9. The first-order chi connectivity index (χ1) is 5.68. The van der Waals surface area contributed by atoms with Gasteiger partial charge in [-0.2, -0.15) is 0 Å². The molecule has 0 aliphatic carbocycles. The quantitative estimate of drug-likeness (QED) is 0.678. The van der Waals surface area contributed by atoms with Gasteiger partial charge < -0.3 is 0 Å². The third-order valence-electron chi connectivity index (χ3n) is 1.71. The molecule has 0 aromatic carbocycles. The molecule has 0 aliphatic rings. The van der Waals surface area contributed by atoms with Crippen LogP contribution in [0.4, 0.5) is 4.39 Å². The van der Waals surface area contributed by atoms with Crippen LogP contribution in [0.15, 0.2) is 23.1 Å². The fraction of sp³-hybridized carbons (Fsp3) is 0.125. The summed E-state index contributed by atoms with van der Waals surface area (Å²) in [5, 5.41) is 0. The van der Waals surface area contributed by atoms with Gasteiger partial charge in [0.05, 0.1) is 6.20 Å². The third-order valence-corrected chi connectivity index (χ3v) is 2.30. The highest BCUT2D eigenvalue weighted by atomic mass is 79.9. The third kappa shape index (κ3) is 1.03. The van der Waals surface area contributed by atoms with Crippen LogP contribution in [0.2, 0.25) is 0 Å². The molecule has 0 unspecified atom stereocenters. The van der Waals surface area contributed by atoms with Crippen molar-refractivity contribution in [2.45, 2.75) is 6.92 Å². The molecule has 0 saturated carbocycles. The molecule has 0 radical (unpaired) electrons. The first kappa shape index (κ1) is 7.73. The summed E-state index contributed by atoms with van der Waals surface area (Å²) >= 11 is 3.27. The van der Waals surface area contributed by atoms with Crippen LogP contribution in [0.3, 0.4) is 0 Å². The Bertz CT molecular complexity index is 436. The summed E-state index contributed by atoms with van der Waals surface area (Å²) in [5.41, 5.74) is 1.61. The van der Waals surface area contributed by atoms with E-state index in [1.54, 1.807) is 10.6 Å². The maximum atomic E-state index is 12.9. The van der Waals surface area contributed by atoms with Gasteiger partial charge in [0.15, 0.2) is 0 Å². The summed E-state index contributed by atoms with van der Waals surface area (Å²) in [4.78, 5) is 4.11. The van der Waals surface area contributed by atoms with E-state index in [1.165, 1.54) is 12.3 Å². The summed E-state index contributed by atoms with van der Waals surface area (Å²) < 4.78 is 15.3. The molecule has 0 atom stereocenters. The number of pyridine rings is 1. The van der Waals surface area contributed by atoms with E-state index < -0.39 is 0 Å². The Morgan fingerprint density at radius 3 is 3.08 bits per heavy atom. The molecule has 0 amide bonds. The van der Waals surface area contributed by atoms with E-state index in [0.29, 0.717) is 0 Å². The van der Waals surface area contributed by atoms with Crippen LogP contribution in [0.25, 0.3) is 5.65 Å². The highest BCUT2D eigenvalue weighted by Gasteiger charge is 2.04. The van der Waals surface area contributed by atoms with Crippen LogP contribution in [-0.4, -0.2) is 9.38 Å². The Hall–Kier alpha value is -0.900. The van der Waals surface area contributed by atoms with E-state index in [9.17, 15) is 4.39 Å². The van der Waals surface area contributed by atoms with Crippen molar-refractivity contribution >= 4 is 21.6 Å². The summed E-state index contributed by atoms with van der Waals surface area (Å²) in [6, 6.07) is 1.47. The van der Waals surface area contributed by atoms with Gasteiger partial charge in [-0.15, -0.1) is 0 Å². The molecule has 0 bridgehead atoms. The second kappa shape index (κ2) is 2.55. The molecule has 2 rings (SSSR count). The maximum Gasteiger partial charge on any atom is 0.140 e. The summed E-state index contributed by atoms with van der Waals surface area (Å²) in [5.74, 6) is -0.251. The number of hydrogen-bond acceptors (Lipinski definition) is 1. The zero-order valence-corrected chi connectivity index (χ0v) is 7.97. The number of hydrogen-bond donors (Lipinski definition) is 0. The number of aryl methyl sites for hydroxylation is 1. The van der Waals surface area contributed by atoms with Crippen molar-refractivity contribution in [1.29, 1.82) is 0 Å². The average molecular weight is 229 g/mol. The van der Waals surface area contributed by atoms with E-state index >= 15 is 0 Å². The predicted octanol–water partition coefficient (Wildman–Crippen LogP) is 2.54. The normalized spacial score (nSPS) is 10.9. The van der Waals surface area contributed by atoms with Crippen molar-refractivity contribution < 1.29 is 4.39 Å². The van der Waals surface area contributed by atoms with Crippen LogP contribution in [0.1, 0.15) is 5.56 Å². The van der Waals surface area contributed by atoms with Crippen molar-refractivity contribution in [1.82, 2.24) is 9.38 Å². The van der Waals surface area contributed by atoms with E-state index in [0.717, 1.165) is 15.8 Å². The minimum absolute atomic E-state index is 0.251. The molecular formula is C8H6BrFN2. The SMILES string of the molecule is Cc1cc(F)cn2c(Br)cnc12. The van der Waals surface area contributed by atoms with E-state index in [1.807, 2.05) is 6.92 Å². The molecule has 2 nitrogen and oxygen atoms in total. The molecule has 0 N–H and O–H groups in total. The zero-order chi connectivity index (χ0) is 8.72. The first-order valence-corrected chi connectivity index (χ1v) is 4.26. The van der Waals surface area contributed by atoms with Crippen LogP contribution >= 0.6 is 15.9 Å². The Kier molecular flexibility index (Phi) is 1.65. The molecule has 2 aromatic rings. The standard InChI is InChI=1S/C8H6BrFN2/c1-5-2-6(10)4-12-7(9)3-11-8(5)12/h2-4H,1H3. The Labute approximate surface area is 77.2 Å². The lowest BCUT2D eigenvalue weighted by atomic mass is 10.3. The van der Waals surface area contributed by atoms with E-state index in [2.05, 4.69) is 20.9 Å². The van der Waals surface area contributed by atoms with Crippen LogP contribution in [-0.2, 0) is 0 Å². The van der Waals surface area contributed by atoms with Crippen molar-refractivity contribution in [3.8, 4) is 0 Å². The number of halogens is 2. The molecule has 0 saturated heterocycles. The van der Waals surface area contributed by atoms with Crippen molar-refractivity contribution in [2.75, 3.05) is 0 Å². The summed E-state index contributed by atoms with van der Waals surface area (Å²) in [7, 11) is 0. The minimum Gasteiger partial charge on any atom is -0.291 e. The number of imidazole rings is 1. The van der Waals surface area contributed by atoms with Gasteiger partial charge >= 0.3 is 0 Å². The Morgan fingerprint density at radius 1 is 1.58 bits per heavy atom. The van der Waals surface area contributed by atoms with E-state index in [4.69, 9.17) is 0 Å². The molecule has 12 heavy (non-hydrogen) atoms. The van der Waals surface area contributed by atoms with Crippen molar-refractivity contribution in [2.24, 2.45) is 0 Å². The molecular weight excluding hydrogens is 223 g/mol. The predicted molar refractivity (Wildman–Crippen MR) is 47.6 cm³/mol. The van der Waals surface area contributed by atoms with Gasteiger partial charge in [-0.05, 0) is 34.5 Å². The van der Waals surface area contributed by atoms with Gasteiger partial charge in [0, 0.05) is 6.20 Å². The van der Waals surface area contributed by atoms with Gasteiger partial charge in [-0.1, -0.05) is 0 Å². The molecule has 2 aromatic heterocycles. The lowest BCUT2D eigenvalue weighted by Crippen LogP contribution is -1.90. The monoisotopic (exact) mass is 228 g/mol. The Balaban J connectivity index is 2.92. The first-order valence-electron chi connectivity index (χ1n) is 3.47. The number of fused-ring (bicyclic) bond motifs is 1. The largest absolute Gasteiger partial charge is 0.291 e. The number of aromatic nitrogens is 2. The topological polar surface area (TPSA) is 17.3 Å². The lowest BCUT2D eigenvalue weighted by molar-refractivity contribution is 0.617. The minimum atomic E-state index is -0.251.